The van der Waals surface area contributed by atoms with Crippen LogP contribution in [0.25, 0.3) is 22.4 Å². The topological polar surface area (TPSA) is 103 Å². The van der Waals surface area contributed by atoms with Crippen molar-refractivity contribution in [1.82, 2.24) is 9.97 Å². The predicted molar refractivity (Wildman–Crippen MR) is 138 cm³/mol. The van der Waals surface area contributed by atoms with Crippen LogP contribution in [0.5, 0.6) is 0 Å². The van der Waals surface area contributed by atoms with E-state index in [0.29, 0.717) is 22.8 Å². The van der Waals surface area contributed by atoms with Gasteiger partial charge in [-0.2, -0.15) is 0 Å². The number of aromatic nitrogens is 2. The van der Waals surface area contributed by atoms with Crippen molar-refractivity contribution in [2.75, 3.05) is 11.9 Å². The Hall–Kier alpha value is -4.04. The molecule has 2 N–H and O–H groups in total. The number of hydrogen-bond donors (Lipinski definition) is 2. The quantitative estimate of drug-likeness (QED) is 0.373. The summed E-state index contributed by atoms with van der Waals surface area (Å²) in [6, 6.07) is 19.0. The first kappa shape index (κ1) is 24.1. The highest BCUT2D eigenvalue weighted by Gasteiger charge is 2.27. The van der Waals surface area contributed by atoms with Gasteiger partial charge in [-0.3, -0.25) is 19.3 Å². The molecule has 0 aliphatic rings. The maximum atomic E-state index is 13.3. The third-order valence-electron chi connectivity index (χ3n) is 5.81. The molecule has 178 valence electrons. The monoisotopic (exact) mass is 487 g/mol. The molecule has 1 amide bonds. The first-order valence-electron chi connectivity index (χ1n) is 11.1. The number of anilines is 1. The summed E-state index contributed by atoms with van der Waals surface area (Å²) >= 11 is 1.32. The number of carboxylic acids is 1. The lowest BCUT2D eigenvalue weighted by Crippen LogP contribution is -2.35. The number of amides is 1. The van der Waals surface area contributed by atoms with Crippen molar-refractivity contribution in [1.29, 1.82) is 0 Å². The average molecular weight is 488 g/mol. The number of hydrogen-bond acceptors (Lipinski definition) is 5. The molecule has 1 atom stereocenters. The molecule has 0 aliphatic heterocycles. The summed E-state index contributed by atoms with van der Waals surface area (Å²) < 4.78 is 0. The Morgan fingerprint density at radius 1 is 1.09 bits per heavy atom. The van der Waals surface area contributed by atoms with Crippen LogP contribution in [0.2, 0.25) is 0 Å². The van der Waals surface area contributed by atoms with E-state index in [1.54, 1.807) is 20.2 Å². The van der Waals surface area contributed by atoms with Crippen molar-refractivity contribution in [3.8, 4) is 22.4 Å². The summed E-state index contributed by atoms with van der Waals surface area (Å²) in [5, 5.41) is 11.7. The van der Waals surface area contributed by atoms with Gasteiger partial charge >= 0.3 is 5.97 Å². The Morgan fingerprint density at radius 2 is 1.77 bits per heavy atom. The lowest BCUT2D eigenvalue weighted by Gasteiger charge is -2.21. The number of pyridine rings is 1. The SMILES string of the molecule is Cc1cc(-c2ccccc2-c2csc(N(C)C(=O)[C@@H](CC(=O)O)Cc3ccccc3)n2)c[nH]c1=O. The molecule has 35 heavy (non-hydrogen) atoms. The number of rotatable bonds is 8. The maximum Gasteiger partial charge on any atom is 0.304 e. The Labute approximate surface area is 206 Å². The lowest BCUT2D eigenvalue weighted by molar-refractivity contribution is -0.140. The fraction of sp³-hybridized carbons (Fsp3) is 0.185. The van der Waals surface area contributed by atoms with Crippen molar-refractivity contribution in [2.24, 2.45) is 5.92 Å². The first-order chi connectivity index (χ1) is 16.8. The third kappa shape index (κ3) is 5.55. The van der Waals surface area contributed by atoms with Gasteiger partial charge in [-0.25, -0.2) is 4.98 Å². The highest BCUT2D eigenvalue weighted by atomic mass is 32.1. The molecular formula is C27H25N3O4S. The molecule has 0 radical (unpaired) electrons. The van der Waals surface area contributed by atoms with Crippen molar-refractivity contribution in [3.05, 3.63) is 93.7 Å². The highest BCUT2D eigenvalue weighted by molar-refractivity contribution is 7.14. The van der Waals surface area contributed by atoms with Crippen LogP contribution in [-0.2, 0) is 16.0 Å². The molecule has 0 saturated heterocycles. The summed E-state index contributed by atoms with van der Waals surface area (Å²) in [6.07, 6.45) is 1.75. The second kappa shape index (κ2) is 10.5. The molecule has 8 heteroatoms. The van der Waals surface area contributed by atoms with E-state index in [9.17, 15) is 19.5 Å². The standard InChI is InChI=1S/C27H25N3O4S/c1-17-12-20(15-28-25(17)33)21-10-6-7-11-22(21)23-16-35-27(29-23)30(2)26(34)19(14-24(31)32)13-18-8-4-3-5-9-18/h3-12,15-16,19H,13-14H2,1-2H3,(H,28,33)(H,31,32)/t19-/m1/s1. The van der Waals surface area contributed by atoms with E-state index < -0.39 is 11.9 Å². The van der Waals surface area contributed by atoms with Gasteiger partial charge in [0.25, 0.3) is 5.56 Å². The minimum atomic E-state index is -1.02. The minimum Gasteiger partial charge on any atom is -0.481 e. The van der Waals surface area contributed by atoms with Crippen molar-refractivity contribution >= 4 is 28.3 Å². The van der Waals surface area contributed by atoms with Gasteiger partial charge in [-0.1, -0.05) is 54.6 Å². The van der Waals surface area contributed by atoms with Gasteiger partial charge in [0, 0.05) is 29.8 Å². The smallest absolute Gasteiger partial charge is 0.304 e. The molecule has 0 saturated carbocycles. The number of carbonyl (C=O) groups is 2. The Kier molecular flexibility index (Phi) is 7.22. The number of carboxylic acid groups (broad SMARTS) is 1. The molecule has 0 fully saturated rings. The van der Waals surface area contributed by atoms with E-state index in [1.165, 1.54) is 16.2 Å². The zero-order valence-corrected chi connectivity index (χ0v) is 20.2. The number of nitrogens with zero attached hydrogens (tertiary/aromatic N) is 2. The van der Waals surface area contributed by atoms with E-state index in [1.807, 2.05) is 66.0 Å². The lowest BCUT2D eigenvalue weighted by atomic mass is 9.95. The van der Waals surface area contributed by atoms with E-state index in [-0.39, 0.29) is 17.9 Å². The molecule has 0 unspecified atom stereocenters. The summed E-state index contributed by atoms with van der Waals surface area (Å²) in [5.41, 5.74) is 4.73. The fourth-order valence-electron chi connectivity index (χ4n) is 3.98. The van der Waals surface area contributed by atoms with Crippen LogP contribution in [0.4, 0.5) is 5.13 Å². The summed E-state index contributed by atoms with van der Waals surface area (Å²) in [7, 11) is 1.63. The van der Waals surface area contributed by atoms with Crippen molar-refractivity contribution in [3.63, 3.8) is 0 Å². The molecular weight excluding hydrogens is 462 g/mol. The number of aryl methyl sites for hydroxylation is 1. The first-order valence-corrected chi connectivity index (χ1v) is 12.0. The van der Waals surface area contributed by atoms with Crippen LogP contribution in [0.15, 0.2) is 77.0 Å². The molecule has 0 bridgehead atoms. The highest BCUT2D eigenvalue weighted by Crippen LogP contribution is 2.34. The molecule has 0 spiro atoms. The number of aromatic amines is 1. The fourth-order valence-corrected chi connectivity index (χ4v) is 4.77. The van der Waals surface area contributed by atoms with Gasteiger partial charge in [0.1, 0.15) is 0 Å². The van der Waals surface area contributed by atoms with Crippen molar-refractivity contribution < 1.29 is 14.7 Å². The zero-order valence-electron chi connectivity index (χ0n) is 19.4. The Balaban J connectivity index is 1.61. The van der Waals surface area contributed by atoms with Gasteiger partial charge in [0.15, 0.2) is 5.13 Å². The number of carbonyl (C=O) groups excluding carboxylic acids is 1. The molecule has 2 aromatic heterocycles. The molecule has 2 aromatic carbocycles. The minimum absolute atomic E-state index is 0.131. The van der Waals surface area contributed by atoms with Crippen molar-refractivity contribution in [2.45, 2.75) is 19.8 Å². The van der Waals surface area contributed by atoms with Crippen LogP contribution >= 0.6 is 11.3 Å². The molecule has 4 rings (SSSR count). The number of benzene rings is 2. The Morgan fingerprint density at radius 3 is 2.46 bits per heavy atom. The van der Waals surface area contributed by atoms with Gasteiger partial charge in [0.2, 0.25) is 5.91 Å². The zero-order chi connectivity index (χ0) is 24.9. The second-order valence-electron chi connectivity index (χ2n) is 8.34. The van der Waals surface area contributed by atoms with E-state index >= 15 is 0 Å². The maximum absolute atomic E-state index is 13.3. The summed E-state index contributed by atoms with van der Waals surface area (Å²) in [5.74, 6) is -2.01. The molecule has 0 aliphatic carbocycles. The number of thiazole rings is 1. The van der Waals surface area contributed by atoms with Crippen LogP contribution < -0.4 is 10.5 Å². The van der Waals surface area contributed by atoms with E-state index in [2.05, 4.69) is 4.98 Å². The third-order valence-corrected chi connectivity index (χ3v) is 6.72. The number of nitrogens with one attached hydrogen (secondary N) is 1. The average Bonchev–Trinajstić information content (AvgIpc) is 3.35. The predicted octanol–water partition coefficient (Wildman–Crippen LogP) is 4.77. The van der Waals surface area contributed by atoms with E-state index in [4.69, 9.17) is 4.98 Å². The normalized spacial score (nSPS) is 11.7. The molecule has 7 nitrogen and oxygen atoms in total. The van der Waals surface area contributed by atoms with Gasteiger partial charge in [0.05, 0.1) is 18.0 Å². The van der Waals surface area contributed by atoms with Crippen LogP contribution in [0, 0.1) is 12.8 Å². The second-order valence-corrected chi connectivity index (χ2v) is 9.18. The summed E-state index contributed by atoms with van der Waals surface area (Å²) in [4.78, 5) is 45.4. The number of H-pyrrole nitrogens is 1. The molecule has 2 heterocycles. The summed E-state index contributed by atoms with van der Waals surface area (Å²) in [6.45, 7) is 1.76. The molecule has 4 aromatic rings. The Bertz CT molecular complexity index is 1410. The van der Waals surface area contributed by atoms with Gasteiger partial charge < -0.3 is 10.1 Å². The van der Waals surface area contributed by atoms with Gasteiger partial charge in [-0.05, 0) is 36.1 Å². The van der Waals surface area contributed by atoms with Crippen LogP contribution in [0.1, 0.15) is 17.5 Å². The van der Waals surface area contributed by atoms with Crippen LogP contribution in [-0.4, -0.2) is 34.0 Å². The van der Waals surface area contributed by atoms with E-state index in [0.717, 1.165) is 22.3 Å². The van der Waals surface area contributed by atoms with Gasteiger partial charge in [-0.15, -0.1) is 11.3 Å². The van der Waals surface area contributed by atoms with Crippen LogP contribution in [0.3, 0.4) is 0 Å². The number of aliphatic carboxylic acids is 1. The largest absolute Gasteiger partial charge is 0.481 e.